The average Bonchev–Trinajstić information content (AvgIpc) is 2.84. The number of hydrogen-bond acceptors (Lipinski definition) is 4. The molecule has 0 aliphatic rings. The molecule has 0 aliphatic heterocycles. The van der Waals surface area contributed by atoms with Crippen LogP contribution in [0.2, 0.25) is 0 Å². The van der Waals surface area contributed by atoms with Gasteiger partial charge in [-0.25, -0.2) is 0 Å². The number of halogens is 1. The number of amides is 2. The fourth-order valence-corrected chi connectivity index (χ4v) is 3.60. The van der Waals surface area contributed by atoms with Crippen molar-refractivity contribution in [1.29, 1.82) is 0 Å². The van der Waals surface area contributed by atoms with Gasteiger partial charge in [-0.15, -0.1) is 0 Å². The monoisotopic (exact) mass is 510 g/mol. The molecular weight excluding hydrogens is 484 g/mol. The molecule has 0 atom stereocenters. The van der Waals surface area contributed by atoms with Crippen molar-refractivity contribution >= 4 is 33.4 Å². The summed E-state index contributed by atoms with van der Waals surface area (Å²) in [5.41, 5.74) is 2.84. The third kappa shape index (κ3) is 7.73. The van der Waals surface area contributed by atoms with E-state index >= 15 is 0 Å². The number of rotatable bonds is 11. The quantitative estimate of drug-likeness (QED) is 0.352. The van der Waals surface area contributed by atoms with E-state index in [1.165, 1.54) is 5.56 Å². The maximum atomic E-state index is 12.6. The molecule has 0 bridgehead atoms. The van der Waals surface area contributed by atoms with Gasteiger partial charge in [0.05, 0.1) is 11.1 Å². The van der Waals surface area contributed by atoms with Crippen molar-refractivity contribution in [2.45, 2.75) is 12.8 Å². The highest BCUT2D eigenvalue weighted by Crippen LogP contribution is 2.26. The van der Waals surface area contributed by atoms with Crippen LogP contribution in [0.5, 0.6) is 5.75 Å². The Morgan fingerprint density at radius 3 is 2.30 bits per heavy atom. The van der Waals surface area contributed by atoms with Gasteiger partial charge in [0.25, 0.3) is 11.8 Å². The van der Waals surface area contributed by atoms with E-state index < -0.39 is 0 Å². The summed E-state index contributed by atoms with van der Waals surface area (Å²) in [6, 6.07) is 22.1. The second kappa shape index (κ2) is 12.8. The highest BCUT2D eigenvalue weighted by molar-refractivity contribution is 9.10. The molecule has 3 aromatic carbocycles. The lowest BCUT2D eigenvalue weighted by atomic mass is 10.1. The third-order valence-electron chi connectivity index (χ3n) is 4.90. The fraction of sp³-hybridized carbons (Fsp3) is 0.231. The Morgan fingerprint density at radius 2 is 1.61 bits per heavy atom. The van der Waals surface area contributed by atoms with Crippen molar-refractivity contribution in [2.24, 2.45) is 0 Å². The van der Waals surface area contributed by atoms with Crippen LogP contribution in [0.3, 0.4) is 0 Å². The van der Waals surface area contributed by atoms with Crippen LogP contribution in [-0.2, 0) is 11.2 Å². The molecule has 2 N–H and O–H groups in total. The Hall–Kier alpha value is -3.16. The molecule has 0 aromatic heterocycles. The van der Waals surface area contributed by atoms with E-state index in [1.807, 2.05) is 18.2 Å². The van der Waals surface area contributed by atoms with Gasteiger partial charge in [0.15, 0.2) is 0 Å². The zero-order valence-corrected chi connectivity index (χ0v) is 20.1. The van der Waals surface area contributed by atoms with Gasteiger partial charge in [-0.3, -0.25) is 9.59 Å². The van der Waals surface area contributed by atoms with Crippen LogP contribution in [0.4, 0.5) is 5.69 Å². The Labute approximate surface area is 202 Å². The number of carbonyl (C=O) groups is 2. The van der Waals surface area contributed by atoms with Crippen molar-refractivity contribution in [3.05, 3.63) is 94.0 Å². The molecule has 0 unspecified atom stereocenters. The molecule has 0 aliphatic carbocycles. The number of anilines is 1. The second-order valence-corrected chi connectivity index (χ2v) is 8.22. The molecule has 0 spiro atoms. The molecular formula is C26H27BrN2O4. The largest absolute Gasteiger partial charge is 0.492 e. The van der Waals surface area contributed by atoms with Crippen LogP contribution in [0.15, 0.2) is 77.3 Å². The number of benzene rings is 3. The van der Waals surface area contributed by atoms with E-state index in [0.717, 1.165) is 12.8 Å². The highest BCUT2D eigenvalue weighted by Gasteiger charge is 2.11. The second-order valence-electron chi connectivity index (χ2n) is 7.36. The van der Waals surface area contributed by atoms with Crippen LogP contribution in [0, 0.1) is 0 Å². The molecule has 172 valence electrons. The van der Waals surface area contributed by atoms with Gasteiger partial charge in [0.2, 0.25) is 0 Å². The maximum absolute atomic E-state index is 12.6. The van der Waals surface area contributed by atoms with E-state index in [9.17, 15) is 9.59 Å². The van der Waals surface area contributed by atoms with Crippen LogP contribution < -0.4 is 15.4 Å². The van der Waals surface area contributed by atoms with Crippen LogP contribution in [0.1, 0.15) is 32.7 Å². The summed E-state index contributed by atoms with van der Waals surface area (Å²) in [4.78, 5) is 24.8. The van der Waals surface area contributed by atoms with Crippen molar-refractivity contribution in [1.82, 2.24) is 5.32 Å². The summed E-state index contributed by atoms with van der Waals surface area (Å²) in [6.07, 6.45) is 1.56. The van der Waals surface area contributed by atoms with E-state index in [-0.39, 0.29) is 11.8 Å². The summed E-state index contributed by atoms with van der Waals surface area (Å²) < 4.78 is 11.5. The topological polar surface area (TPSA) is 76.7 Å². The number of hydrogen-bond donors (Lipinski definition) is 2. The van der Waals surface area contributed by atoms with Gasteiger partial charge >= 0.3 is 0 Å². The minimum absolute atomic E-state index is 0.157. The summed E-state index contributed by atoms with van der Waals surface area (Å²) >= 11 is 3.49. The molecule has 3 rings (SSSR count). The Balaban J connectivity index is 1.51. The molecule has 7 heteroatoms. The van der Waals surface area contributed by atoms with Crippen LogP contribution in [0.25, 0.3) is 0 Å². The zero-order valence-electron chi connectivity index (χ0n) is 18.5. The number of ether oxygens (including phenoxy) is 2. The molecule has 0 saturated heterocycles. The molecule has 6 nitrogen and oxygen atoms in total. The van der Waals surface area contributed by atoms with E-state index in [2.05, 4.69) is 38.7 Å². The van der Waals surface area contributed by atoms with Gasteiger partial charge in [0, 0.05) is 43.5 Å². The fourth-order valence-electron chi connectivity index (χ4n) is 3.11. The van der Waals surface area contributed by atoms with Gasteiger partial charge in [-0.1, -0.05) is 30.3 Å². The molecule has 2 amide bonds. The van der Waals surface area contributed by atoms with Crippen molar-refractivity contribution in [2.75, 3.05) is 32.2 Å². The lowest BCUT2D eigenvalue weighted by Crippen LogP contribution is -2.25. The van der Waals surface area contributed by atoms with Gasteiger partial charge < -0.3 is 20.1 Å². The van der Waals surface area contributed by atoms with Gasteiger partial charge in [0.1, 0.15) is 5.75 Å². The average molecular weight is 511 g/mol. The summed E-state index contributed by atoms with van der Waals surface area (Å²) in [5.74, 6) is 0.280. The highest BCUT2D eigenvalue weighted by atomic mass is 79.9. The third-order valence-corrected chi connectivity index (χ3v) is 5.52. The molecule has 3 aromatic rings. The Morgan fingerprint density at radius 1 is 0.879 bits per heavy atom. The number of nitrogens with one attached hydrogen (secondary N) is 2. The number of carbonyl (C=O) groups excluding carboxylic acids is 2. The first-order valence-corrected chi connectivity index (χ1v) is 11.5. The summed E-state index contributed by atoms with van der Waals surface area (Å²) in [7, 11) is 1.63. The lowest BCUT2D eigenvalue weighted by molar-refractivity contribution is 0.0948. The predicted molar refractivity (Wildman–Crippen MR) is 133 cm³/mol. The molecule has 0 heterocycles. The van der Waals surface area contributed by atoms with Gasteiger partial charge in [-0.05, 0) is 70.4 Å². The van der Waals surface area contributed by atoms with Crippen molar-refractivity contribution in [3.8, 4) is 5.75 Å². The SMILES string of the molecule is COCCCNC(=O)c1ccc(NC(=O)c2ccc(OCCc3ccccc3)c(Br)c2)cc1. The minimum Gasteiger partial charge on any atom is -0.492 e. The Kier molecular flexibility index (Phi) is 9.47. The molecule has 0 radical (unpaired) electrons. The normalized spacial score (nSPS) is 10.5. The predicted octanol–water partition coefficient (Wildman–Crippen LogP) is 5.09. The lowest BCUT2D eigenvalue weighted by Gasteiger charge is -2.11. The van der Waals surface area contributed by atoms with E-state index in [1.54, 1.807) is 49.6 Å². The molecule has 0 saturated carbocycles. The maximum Gasteiger partial charge on any atom is 0.255 e. The standard InChI is InChI=1S/C26H27BrN2O4/c1-32-16-5-15-28-25(30)20-8-11-22(12-9-20)29-26(31)21-10-13-24(23(27)18-21)33-17-14-19-6-3-2-4-7-19/h2-4,6-13,18H,5,14-17H2,1H3,(H,28,30)(H,29,31). The first-order valence-electron chi connectivity index (χ1n) is 10.7. The first kappa shape index (κ1) is 24.5. The van der Waals surface area contributed by atoms with Crippen molar-refractivity contribution in [3.63, 3.8) is 0 Å². The smallest absolute Gasteiger partial charge is 0.255 e. The van der Waals surface area contributed by atoms with Gasteiger partial charge in [-0.2, -0.15) is 0 Å². The minimum atomic E-state index is -0.247. The molecule has 33 heavy (non-hydrogen) atoms. The zero-order chi connectivity index (χ0) is 23.5. The van der Waals surface area contributed by atoms with Crippen LogP contribution >= 0.6 is 15.9 Å². The Bertz CT molecular complexity index is 1060. The van der Waals surface area contributed by atoms with Crippen molar-refractivity contribution < 1.29 is 19.1 Å². The van der Waals surface area contributed by atoms with E-state index in [4.69, 9.17) is 9.47 Å². The number of methoxy groups -OCH3 is 1. The molecule has 0 fully saturated rings. The van der Waals surface area contributed by atoms with Crippen LogP contribution in [-0.4, -0.2) is 38.7 Å². The first-order chi connectivity index (χ1) is 16.1. The van der Waals surface area contributed by atoms with E-state index in [0.29, 0.717) is 46.8 Å². The summed E-state index contributed by atoms with van der Waals surface area (Å²) in [6.45, 7) is 1.69. The summed E-state index contributed by atoms with van der Waals surface area (Å²) in [5, 5.41) is 5.68.